The molecule has 0 aliphatic carbocycles. The molecule has 0 aliphatic rings. The Morgan fingerprint density at radius 3 is 2.94 bits per heavy atom. The van der Waals surface area contributed by atoms with E-state index < -0.39 is 0 Å². The van der Waals surface area contributed by atoms with Crippen LogP contribution < -0.4 is 5.32 Å². The van der Waals surface area contributed by atoms with Crippen LogP contribution in [0.4, 0.5) is 5.69 Å². The molecule has 0 spiro atoms. The van der Waals surface area contributed by atoms with Crippen molar-refractivity contribution in [2.75, 3.05) is 5.32 Å². The summed E-state index contributed by atoms with van der Waals surface area (Å²) in [6.07, 6.45) is 3.55. The topological polar surface area (TPSA) is 42.0 Å². The number of aryl methyl sites for hydroxylation is 1. The molecular weight excluding hydrogens is 224 g/mol. The Kier molecular flexibility index (Phi) is 4.74. The third-order valence-electron chi connectivity index (χ3n) is 2.40. The maximum Gasteiger partial charge on any atom is 0.227 e. The molecule has 0 fully saturated rings. The first-order chi connectivity index (χ1) is 7.54. The molecular formula is C12H17ClN2O. The Hall–Kier alpha value is -1.09. The molecule has 88 valence electrons. The molecule has 0 bridgehead atoms. The van der Waals surface area contributed by atoms with Gasteiger partial charge in [0.15, 0.2) is 5.15 Å². The van der Waals surface area contributed by atoms with Gasteiger partial charge in [0.25, 0.3) is 0 Å². The Balaban J connectivity index is 2.72. The molecule has 0 aliphatic heterocycles. The van der Waals surface area contributed by atoms with E-state index in [1.807, 2.05) is 19.9 Å². The molecule has 1 aromatic rings. The lowest BCUT2D eigenvalue weighted by Gasteiger charge is -2.12. The van der Waals surface area contributed by atoms with Crippen molar-refractivity contribution < 1.29 is 4.79 Å². The van der Waals surface area contributed by atoms with E-state index in [2.05, 4.69) is 17.2 Å². The average Bonchev–Trinajstić information content (AvgIpc) is 2.23. The van der Waals surface area contributed by atoms with Crippen LogP contribution in [0.1, 0.15) is 32.3 Å². The summed E-state index contributed by atoms with van der Waals surface area (Å²) in [5.41, 5.74) is 1.57. The monoisotopic (exact) mass is 240 g/mol. The number of carbonyl (C=O) groups is 1. The predicted octanol–water partition coefficient (Wildman–Crippen LogP) is 3.42. The van der Waals surface area contributed by atoms with E-state index in [1.165, 1.54) is 0 Å². The van der Waals surface area contributed by atoms with Gasteiger partial charge in [0, 0.05) is 12.1 Å². The Bertz CT molecular complexity index is 379. The number of anilines is 1. The molecule has 0 saturated carbocycles. The van der Waals surface area contributed by atoms with Crippen molar-refractivity contribution in [2.24, 2.45) is 5.92 Å². The Morgan fingerprint density at radius 1 is 1.62 bits per heavy atom. The molecule has 3 nitrogen and oxygen atoms in total. The van der Waals surface area contributed by atoms with Gasteiger partial charge in [-0.3, -0.25) is 4.79 Å². The van der Waals surface area contributed by atoms with Crippen molar-refractivity contribution >= 4 is 23.2 Å². The molecule has 0 saturated heterocycles. The number of hydrogen-bond acceptors (Lipinski definition) is 2. The summed E-state index contributed by atoms with van der Waals surface area (Å²) in [7, 11) is 0. The fourth-order valence-electron chi connectivity index (χ4n) is 1.46. The lowest BCUT2D eigenvalue weighted by atomic mass is 10.1. The van der Waals surface area contributed by atoms with Crippen molar-refractivity contribution in [3.8, 4) is 0 Å². The standard InChI is InChI=1S/C12H17ClN2O/c1-4-5-9(3)12(16)15-10-6-8(2)7-14-11(10)13/h6-7,9H,4-5H2,1-3H3,(H,15,16). The molecule has 1 amide bonds. The molecule has 1 aromatic heterocycles. The molecule has 4 heteroatoms. The molecule has 1 atom stereocenters. The second-order valence-corrected chi connectivity index (χ2v) is 4.39. The van der Waals surface area contributed by atoms with Crippen molar-refractivity contribution in [2.45, 2.75) is 33.6 Å². The minimum absolute atomic E-state index is 0.00146. The number of halogens is 1. The van der Waals surface area contributed by atoms with Gasteiger partial charge in [-0.05, 0) is 25.0 Å². The number of amides is 1. The van der Waals surface area contributed by atoms with Crippen molar-refractivity contribution in [1.29, 1.82) is 0 Å². The van der Waals surface area contributed by atoms with Crippen LogP contribution in [0.25, 0.3) is 0 Å². The first-order valence-corrected chi connectivity index (χ1v) is 5.85. The summed E-state index contributed by atoms with van der Waals surface area (Å²) in [5, 5.41) is 3.14. The SMILES string of the molecule is CCCC(C)C(=O)Nc1cc(C)cnc1Cl. The third-order valence-corrected chi connectivity index (χ3v) is 2.70. The molecule has 0 aromatic carbocycles. The quantitative estimate of drug-likeness (QED) is 0.820. The lowest BCUT2D eigenvalue weighted by Crippen LogP contribution is -2.20. The minimum Gasteiger partial charge on any atom is -0.323 e. The highest BCUT2D eigenvalue weighted by Gasteiger charge is 2.13. The summed E-state index contributed by atoms with van der Waals surface area (Å²) >= 11 is 5.90. The number of hydrogen-bond donors (Lipinski definition) is 1. The van der Waals surface area contributed by atoms with E-state index in [1.54, 1.807) is 6.20 Å². The Morgan fingerprint density at radius 2 is 2.31 bits per heavy atom. The van der Waals surface area contributed by atoms with Crippen LogP contribution in [-0.2, 0) is 4.79 Å². The molecule has 16 heavy (non-hydrogen) atoms. The highest BCUT2D eigenvalue weighted by molar-refractivity contribution is 6.32. The van der Waals surface area contributed by atoms with Gasteiger partial charge in [0.1, 0.15) is 0 Å². The van der Waals surface area contributed by atoms with Crippen molar-refractivity contribution in [1.82, 2.24) is 4.98 Å². The van der Waals surface area contributed by atoms with Crippen LogP contribution in [0, 0.1) is 12.8 Å². The van der Waals surface area contributed by atoms with Crippen molar-refractivity contribution in [3.63, 3.8) is 0 Å². The first kappa shape index (κ1) is 13.0. The van der Waals surface area contributed by atoms with E-state index in [4.69, 9.17) is 11.6 Å². The summed E-state index contributed by atoms with van der Waals surface area (Å²) < 4.78 is 0. The molecule has 1 N–H and O–H groups in total. The zero-order chi connectivity index (χ0) is 12.1. The van der Waals surface area contributed by atoms with Gasteiger partial charge in [0.05, 0.1) is 5.69 Å². The van der Waals surface area contributed by atoms with Crippen LogP contribution in [0.3, 0.4) is 0 Å². The number of pyridine rings is 1. The maximum atomic E-state index is 11.8. The van der Waals surface area contributed by atoms with Gasteiger partial charge in [0.2, 0.25) is 5.91 Å². The first-order valence-electron chi connectivity index (χ1n) is 5.47. The Labute approximate surface area is 101 Å². The van der Waals surface area contributed by atoms with E-state index in [0.29, 0.717) is 10.8 Å². The summed E-state index contributed by atoms with van der Waals surface area (Å²) in [6.45, 7) is 5.88. The predicted molar refractivity (Wildman–Crippen MR) is 66.7 cm³/mol. The fraction of sp³-hybridized carbons (Fsp3) is 0.500. The number of rotatable bonds is 4. The van der Waals surface area contributed by atoms with Gasteiger partial charge in [-0.25, -0.2) is 4.98 Å². The van der Waals surface area contributed by atoms with Crippen molar-refractivity contribution in [3.05, 3.63) is 23.0 Å². The van der Waals surface area contributed by atoms with E-state index in [0.717, 1.165) is 18.4 Å². The normalized spacial score (nSPS) is 12.2. The lowest BCUT2D eigenvalue weighted by molar-refractivity contribution is -0.119. The fourth-order valence-corrected chi connectivity index (χ4v) is 1.61. The third kappa shape index (κ3) is 3.49. The molecule has 1 unspecified atom stereocenters. The van der Waals surface area contributed by atoms with E-state index in [9.17, 15) is 4.79 Å². The second-order valence-electron chi connectivity index (χ2n) is 4.03. The van der Waals surface area contributed by atoms with Gasteiger partial charge < -0.3 is 5.32 Å². The number of nitrogens with zero attached hydrogens (tertiary/aromatic N) is 1. The van der Waals surface area contributed by atoms with Crippen LogP contribution in [0.5, 0.6) is 0 Å². The average molecular weight is 241 g/mol. The molecule has 1 rings (SSSR count). The highest BCUT2D eigenvalue weighted by Crippen LogP contribution is 2.21. The van der Waals surface area contributed by atoms with Gasteiger partial charge in [-0.1, -0.05) is 31.9 Å². The van der Waals surface area contributed by atoms with Gasteiger partial charge in [-0.15, -0.1) is 0 Å². The van der Waals surface area contributed by atoms with Crippen LogP contribution in [0.15, 0.2) is 12.3 Å². The largest absolute Gasteiger partial charge is 0.323 e. The maximum absolute atomic E-state index is 11.8. The van der Waals surface area contributed by atoms with E-state index >= 15 is 0 Å². The molecule has 1 heterocycles. The molecule has 0 radical (unpaired) electrons. The van der Waals surface area contributed by atoms with E-state index in [-0.39, 0.29) is 11.8 Å². The minimum atomic E-state index is -0.00356. The summed E-state index contributed by atoms with van der Waals surface area (Å²) in [6, 6.07) is 1.83. The van der Waals surface area contributed by atoms with Crippen LogP contribution in [-0.4, -0.2) is 10.9 Å². The van der Waals surface area contributed by atoms with Gasteiger partial charge in [-0.2, -0.15) is 0 Å². The second kappa shape index (κ2) is 5.85. The zero-order valence-electron chi connectivity index (χ0n) is 9.88. The number of carbonyl (C=O) groups excluding carboxylic acids is 1. The van der Waals surface area contributed by atoms with Gasteiger partial charge >= 0.3 is 0 Å². The summed E-state index contributed by atoms with van der Waals surface area (Å²) in [5.74, 6) is -0.00210. The van der Waals surface area contributed by atoms with Crippen LogP contribution in [0.2, 0.25) is 5.15 Å². The zero-order valence-corrected chi connectivity index (χ0v) is 10.6. The smallest absolute Gasteiger partial charge is 0.227 e. The number of aromatic nitrogens is 1. The number of nitrogens with one attached hydrogen (secondary N) is 1. The highest BCUT2D eigenvalue weighted by atomic mass is 35.5. The summed E-state index contributed by atoms with van der Waals surface area (Å²) in [4.78, 5) is 15.8. The van der Waals surface area contributed by atoms with Crippen LogP contribution >= 0.6 is 11.6 Å².